The molecule has 1 saturated carbocycles. The van der Waals surface area contributed by atoms with Gasteiger partial charge in [0.2, 0.25) is 11.8 Å². The second kappa shape index (κ2) is 8.23. The fourth-order valence-electron chi connectivity index (χ4n) is 4.10. The molecular formula is C20H32N4O2. The molecule has 1 aliphatic heterocycles. The van der Waals surface area contributed by atoms with E-state index >= 15 is 0 Å². The van der Waals surface area contributed by atoms with E-state index in [0.717, 1.165) is 43.5 Å². The number of anilines is 1. The first kappa shape index (κ1) is 18.9. The standard InChI is InChI=1S/C20H32N4O2/c1-14(2)15-5-7-16(8-6-15)20(25)24-10-9-17(13-24)26-19-12-21-11-18(22-19)23(3)4/h11-12,14-17H,5-10,13H2,1-4H3. The van der Waals surface area contributed by atoms with Crippen LogP contribution in [0.25, 0.3) is 0 Å². The number of likely N-dealkylation sites (tertiary alicyclic amines) is 1. The third-order valence-electron chi connectivity index (χ3n) is 5.87. The molecule has 144 valence electrons. The van der Waals surface area contributed by atoms with Crippen LogP contribution < -0.4 is 9.64 Å². The second-order valence-corrected chi connectivity index (χ2v) is 8.28. The predicted octanol–water partition coefficient (Wildman–Crippen LogP) is 2.98. The lowest BCUT2D eigenvalue weighted by Gasteiger charge is -2.32. The number of rotatable bonds is 5. The Balaban J connectivity index is 1.51. The van der Waals surface area contributed by atoms with Gasteiger partial charge in [-0.3, -0.25) is 9.78 Å². The number of carbonyl (C=O) groups excluding carboxylic acids is 1. The lowest BCUT2D eigenvalue weighted by molar-refractivity contribution is -0.136. The minimum Gasteiger partial charge on any atom is -0.471 e. The molecule has 0 aromatic carbocycles. The maximum Gasteiger partial charge on any atom is 0.234 e. The Morgan fingerprint density at radius 3 is 2.58 bits per heavy atom. The third-order valence-corrected chi connectivity index (χ3v) is 5.87. The predicted molar refractivity (Wildman–Crippen MR) is 102 cm³/mol. The molecule has 26 heavy (non-hydrogen) atoms. The minimum atomic E-state index is 0.0117. The fourth-order valence-corrected chi connectivity index (χ4v) is 4.10. The largest absolute Gasteiger partial charge is 0.471 e. The molecule has 1 unspecified atom stereocenters. The number of amides is 1. The van der Waals surface area contributed by atoms with Crippen LogP contribution in [0.4, 0.5) is 5.82 Å². The third kappa shape index (κ3) is 4.46. The van der Waals surface area contributed by atoms with Gasteiger partial charge in [0.25, 0.3) is 0 Å². The highest BCUT2D eigenvalue weighted by molar-refractivity contribution is 5.79. The van der Waals surface area contributed by atoms with Crippen LogP contribution in [0.5, 0.6) is 5.88 Å². The van der Waals surface area contributed by atoms with Gasteiger partial charge in [0, 0.05) is 33.0 Å². The summed E-state index contributed by atoms with van der Waals surface area (Å²) in [5, 5.41) is 0. The maximum absolute atomic E-state index is 12.9. The first-order valence-electron chi connectivity index (χ1n) is 9.89. The highest BCUT2D eigenvalue weighted by Gasteiger charge is 2.34. The van der Waals surface area contributed by atoms with Gasteiger partial charge in [-0.05, 0) is 37.5 Å². The molecule has 1 aliphatic carbocycles. The van der Waals surface area contributed by atoms with Crippen molar-refractivity contribution in [2.45, 2.75) is 52.1 Å². The molecule has 0 bridgehead atoms. The van der Waals surface area contributed by atoms with Crippen molar-refractivity contribution in [2.75, 3.05) is 32.1 Å². The fraction of sp³-hybridized carbons (Fsp3) is 0.750. The number of aromatic nitrogens is 2. The zero-order valence-electron chi connectivity index (χ0n) is 16.5. The van der Waals surface area contributed by atoms with E-state index in [-0.39, 0.29) is 12.0 Å². The van der Waals surface area contributed by atoms with Crippen LogP contribution in [0.3, 0.4) is 0 Å². The first-order valence-corrected chi connectivity index (χ1v) is 9.89. The van der Waals surface area contributed by atoms with Crippen LogP contribution >= 0.6 is 0 Å². The zero-order valence-corrected chi connectivity index (χ0v) is 16.5. The van der Waals surface area contributed by atoms with Gasteiger partial charge in [0.05, 0.1) is 18.9 Å². The Hall–Kier alpha value is -1.85. The summed E-state index contributed by atoms with van der Waals surface area (Å²) < 4.78 is 5.99. The molecule has 3 rings (SSSR count). The van der Waals surface area contributed by atoms with E-state index < -0.39 is 0 Å². The molecule has 2 aliphatic rings. The Morgan fingerprint density at radius 2 is 1.92 bits per heavy atom. The summed E-state index contributed by atoms with van der Waals surface area (Å²) in [6, 6.07) is 0. The van der Waals surface area contributed by atoms with E-state index in [4.69, 9.17) is 4.74 Å². The number of hydrogen-bond donors (Lipinski definition) is 0. The summed E-state index contributed by atoms with van der Waals surface area (Å²) in [5.74, 6) is 3.36. The average molecular weight is 361 g/mol. The van der Waals surface area contributed by atoms with Crippen molar-refractivity contribution in [2.24, 2.45) is 17.8 Å². The number of carbonyl (C=O) groups is 1. The van der Waals surface area contributed by atoms with Gasteiger partial charge in [-0.1, -0.05) is 13.8 Å². The van der Waals surface area contributed by atoms with Crippen molar-refractivity contribution < 1.29 is 9.53 Å². The zero-order chi connectivity index (χ0) is 18.7. The smallest absolute Gasteiger partial charge is 0.234 e. The van der Waals surface area contributed by atoms with Crippen molar-refractivity contribution in [3.8, 4) is 5.88 Å². The summed E-state index contributed by atoms with van der Waals surface area (Å²) in [4.78, 5) is 25.4. The van der Waals surface area contributed by atoms with Gasteiger partial charge in [0.1, 0.15) is 6.10 Å². The highest BCUT2D eigenvalue weighted by Crippen LogP contribution is 2.34. The molecule has 1 aromatic heterocycles. The second-order valence-electron chi connectivity index (χ2n) is 8.28. The van der Waals surface area contributed by atoms with Crippen LogP contribution in [0.2, 0.25) is 0 Å². The molecule has 1 aromatic rings. The van der Waals surface area contributed by atoms with Crippen LogP contribution in [0.1, 0.15) is 46.0 Å². The summed E-state index contributed by atoms with van der Waals surface area (Å²) in [6.45, 7) is 6.04. The van der Waals surface area contributed by atoms with E-state index in [1.807, 2.05) is 23.9 Å². The number of hydrogen-bond acceptors (Lipinski definition) is 5. The number of nitrogens with zero attached hydrogens (tertiary/aromatic N) is 4. The van der Waals surface area contributed by atoms with E-state index in [2.05, 4.69) is 23.8 Å². The normalized spacial score (nSPS) is 26.2. The molecule has 2 fully saturated rings. The van der Waals surface area contributed by atoms with Crippen molar-refractivity contribution in [3.05, 3.63) is 12.4 Å². The highest BCUT2D eigenvalue weighted by atomic mass is 16.5. The van der Waals surface area contributed by atoms with Crippen molar-refractivity contribution >= 4 is 11.7 Å². The van der Waals surface area contributed by atoms with Crippen molar-refractivity contribution in [3.63, 3.8) is 0 Å². The van der Waals surface area contributed by atoms with Gasteiger partial charge >= 0.3 is 0 Å². The summed E-state index contributed by atoms with van der Waals surface area (Å²) >= 11 is 0. The molecular weight excluding hydrogens is 328 g/mol. The van der Waals surface area contributed by atoms with E-state index in [0.29, 0.717) is 18.3 Å². The van der Waals surface area contributed by atoms with Gasteiger partial charge in [-0.2, -0.15) is 4.98 Å². The van der Waals surface area contributed by atoms with Gasteiger partial charge in [-0.15, -0.1) is 0 Å². The van der Waals surface area contributed by atoms with Gasteiger partial charge in [0.15, 0.2) is 5.82 Å². The van der Waals surface area contributed by atoms with Crippen LogP contribution in [-0.2, 0) is 4.79 Å². The van der Waals surface area contributed by atoms with E-state index in [1.54, 1.807) is 12.4 Å². The minimum absolute atomic E-state index is 0.0117. The maximum atomic E-state index is 12.9. The van der Waals surface area contributed by atoms with Crippen LogP contribution in [0.15, 0.2) is 12.4 Å². The number of ether oxygens (including phenoxy) is 1. The molecule has 1 amide bonds. The first-order chi connectivity index (χ1) is 12.4. The van der Waals surface area contributed by atoms with Crippen molar-refractivity contribution in [1.29, 1.82) is 0 Å². The topological polar surface area (TPSA) is 58.6 Å². The van der Waals surface area contributed by atoms with E-state index in [9.17, 15) is 4.79 Å². The van der Waals surface area contributed by atoms with Gasteiger partial charge < -0.3 is 14.5 Å². The lowest BCUT2D eigenvalue weighted by Crippen LogP contribution is -2.37. The molecule has 1 atom stereocenters. The summed E-state index contributed by atoms with van der Waals surface area (Å²) in [7, 11) is 3.86. The summed E-state index contributed by atoms with van der Waals surface area (Å²) in [6.07, 6.45) is 8.69. The van der Waals surface area contributed by atoms with Crippen molar-refractivity contribution in [1.82, 2.24) is 14.9 Å². The molecule has 6 heteroatoms. The van der Waals surface area contributed by atoms with E-state index in [1.165, 1.54) is 12.8 Å². The molecule has 6 nitrogen and oxygen atoms in total. The quantitative estimate of drug-likeness (QED) is 0.808. The Labute approximate surface area is 156 Å². The SMILES string of the molecule is CC(C)C1CCC(C(=O)N2CCC(Oc3cncc(N(C)C)n3)C2)CC1. The monoisotopic (exact) mass is 360 g/mol. The average Bonchev–Trinajstić information content (AvgIpc) is 3.09. The molecule has 0 N–H and O–H groups in total. The molecule has 0 radical (unpaired) electrons. The summed E-state index contributed by atoms with van der Waals surface area (Å²) in [5.41, 5.74) is 0. The lowest BCUT2D eigenvalue weighted by atomic mass is 9.76. The molecule has 2 heterocycles. The Bertz CT molecular complexity index is 612. The molecule has 1 saturated heterocycles. The molecule has 0 spiro atoms. The van der Waals surface area contributed by atoms with Crippen LogP contribution in [0, 0.1) is 17.8 Å². The van der Waals surface area contributed by atoms with Crippen LogP contribution in [-0.4, -0.2) is 54.1 Å². The Kier molecular flexibility index (Phi) is 5.99. The van der Waals surface area contributed by atoms with Gasteiger partial charge in [-0.25, -0.2) is 0 Å². The Morgan fingerprint density at radius 1 is 1.19 bits per heavy atom.